The number of aromatic nitrogens is 1. The van der Waals surface area contributed by atoms with Gasteiger partial charge in [0.2, 0.25) is 5.91 Å². The fraction of sp³-hybridized carbons (Fsp3) is 0.355. The minimum atomic E-state index is -0.597. The molecule has 2 saturated heterocycles. The molecule has 3 heterocycles. The van der Waals surface area contributed by atoms with Crippen molar-refractivity contribution in [2.75, 3.05) is 13.1 Å². The maximum Gasteiger partial charge on any atom is 0.410 e. The summed E-state index contributed by atoms with van der Waals surface area (Å²) in [5.41, 5.74) is 10.0. The smallest absolute Gasteiger partial charge is 0.410 e. The summed E-state index contributed by atoms with van der Waals surface area (Å²) in [6.07, 6.45) is 1.73. The molecule has 1 aromatic heterocycles. The molecule has 41 heavy (non-hydrogen) atoms. The molecule has 0 saturated carbocycles. The van der Waals surface area contributed by atoms with Gasteiger partial charge in [-0.15, -0.1) is 0 Å². The number of pyridine rings is 1. The molecule has 2 fully saturated rings. The zero-order chi connectivity index (χ0) is 29.2. The second-order valence-corrected chi connectivity index (χ2v) is 12.3. The van der Waals surface area contributed by atoms with Gasteiger partial charge in [-0.05, 0) is 81.1 Å². The van der Waals surface area contributed by atoms with Crippen molar-refractivity contribution in [3.05, 3.63) is 75.6 Å². The van der Waals surface area contributed by atoms with E-state index in [1.165, 1.54) is 12.1 Å². The monoisotopic (exact) mass is 576 g/mol. The van der Waals surface area contributed by atoms with Crippen LogP contribution in [0.25, 0.3) is 22.5 Å². The number of benzene rings is 2. The quantitative estimate of drug-likeness (QED) is 0.350. The van der Waals surface area contributed by atoms with E-state index in [-0.39, 0.29) is 29.1 Å². The minimum absolute atomic E-state index is 0.0469. The average Bonchev–Trinajstić information content (AvgIpc) is 3.41. The number of amides is 3. The Balaban J connectivity index is 1.26. The van der Waals surface area contributed by atoms with Gasteiger partial charge in [0.1, 0.15) is 11.4 Å². The Morgan fingerprint density at radius 2 is 1.76 bits per heavy atom. The predicted molar refractivity (Wildman–Crippen MR) is 152 cm³/mol. The van der Waals surface area contributed by atoms with Crippen LogP contribution in [0, 0.1) is 5.82 Å². The highest BCUT2D eigenvalue weighted by molar-refractivity contribution is 6.31. The molecule has 212 valence electrons. The summed E-state index contributed by atoms with van der Waals surface area (Å²) in [6.45, 7) is 6.44. The fourth-order valence-corrected chi connectivity index (χ4v) is 6.34. The molecule has 6 rings (SSSR count). The van der Waals surface area contributed by atoms with E-state index >= 15 is 0 Å². The summed E-state index contributed by atoms with van der Waals surface area (Å²) in [5.74, 6) is -1.25. The predicted octanol–water partition coefficient (Wildman–Crippen LogP) is 5.44. The second kappa shape index (κ2) is 9.83. The number of nitrogens with zero attached hydrogens (tertiary/aromatic N) is 3. The minimum Gasteiger partial charge on any atom is -0.444 e. The van der Waals surface area contributed by atoms with Gasteiger partial charge in [0.25, 0.3) is 5.91 Å². The maximum atomic E-state index is 13.8. The van der Waals surface area contributed by atoms with Gasteiger partial charge in [-0.3, -0.25) is 14.5 Å². The first-order valence-electron chi connectivity index (χ1n) is 13.6. The van der Waals surface area contributed by atoms with E-state index in [4.69, 9.17) is 27.1 Å². The lowest BCUT2D eigenvalue weighted by atomic mass is 10.0. The van der Waals surface area contributed by atoms with E-state index in [1.807, 2.05) is 37.8 Å². The van der Waals surface area contributed by atoms with Crippen molar-refractivity contribution in [3.8, 4) is 22.5 Å². The van der Waals surface area contributed by atoms with Crippen LogP contribution in [0.15, 0.2) is 42.5 Å². The van der Waals surface area contributed by atoms with Crippen LogP contribution in [-0.2, 0) is 11.2 Å². The van der Waals surface area contributed by atoms with E-state index < -0.39 is 17.3 Å². The number of carbonyl (C=O) groups excluding carboxylic acids is 3. The van der Waals surface area contributed by atoms with Crippen LogP contribution in [0.5, 0.6) is 0 Å². The van der Waals surface area contributed by atoms with E-state index in [2.05, 4.69) is 0 Å². The van der Waals surface area contributed by atoms with Gasteiger partial charge in [-0.1, -0.05) is 17.7 Å². The van der Waals surface area contributed by atoms with Crippen molar-refractivity contribution >= 4 is 29.5 Å². The van der Waals surface area contributed by atoms with Crippen LogP contribution in [0.3, 0.4) is 0 Å². The molecule has 2 N–H and O–H groups in total. The van der Waals surface area contributed by atoms with E-state index in [1.54, 1.807) is 23.1 Å². The Morgan fingerprint density at radius 3 is 2.39 bits per heavy atom. The molecule has 0 radical (unpaired) electrons. The number of carbonyl (C=O) groups is 3. The molecule has 2 unspecified atom stereocenters. The number of likely N-dealkylation sites (tertiary alicyclic amines) is 1. The Labute approximate surface area is 242 Å². The van der Waals surface area contributed by atoms with Crippen LogP contribution in [0.2, 0.25) is 5.02 Å². The largest absolute Gasteiger partial charge is 0.444 e. The number of primary amides is 1. The number of hydrogen-bond acceptors (Lipinski definition) is 5. The molecule has 2 aliphatic heterocycles. The lowest BCUT2D eigenvalue weighted by Gasteiger charge is -2.41. The van der Waals surface area contributed by atoms with Gasteiger partial charge in [-0.25, -0.2) is 14.2 Å². The van der Waals surface area contributed by atoms with Crippen LogP contribution in [-0.4, -0.2) is 63.5 Å². The number of ether oxygens (including phenoxy) is 1. The zero-order valence-electron chi connectivity index (χ0n) is 23.0. The van der Waals surface area contributed by atoms with Crippen LogP contribution in [0.4, 0.5) is 9.18 Å². The van der Waals surface area contributed by atoms with Gasteiger partial charge in [0.15, 0.2) is 0 Å². The molecule has 3 amide bonds. The molecule has 3 aromatic rings. The third kappa shape index (κ3) is 4.92. The third-order valence-corrected chi connectivity index (χ3v) is 8.24. The molecular weight excluding hydrogens is 547 g/mol. The fourth-order valence-electron chi connectivity index (χ4n) is 6.16. The van der Waals surface area contributed by atoms with Gasteiger partial charge in [-0.2, -0.15) is 0 Å². The second-order valence-electron chi connectivity index (χ2n) is 11.9. The topological polar surface area (TPSA) is 106 Å². The van der Waals surface area contributed by atoms with E-state index in [9.17, 15) is 18.8 Å². The lowest BCUT2D eigenvalue weighted by Crippen LogP contribution is -2.57. The van der Waals surface area contributed by atoms with Crippen LogP contribution < -0.4 is 5.73 Å². The highest BCUT2D eigenvalue weighted by atomic mass is 35.5. The van der Waals surface area contributed by atoms with Crippen LogP contribution >= 0.6 is 11.6 Å². The summed E-state index contributed by atoms with van der Waals surface area (Å²) in [4.78, 5) is 47.3. The number of rotatable bonds is 3. The van der Waals surface area contributed by atoms with Crippen molar-refractivity contribution in [2.45, 2.75) is 57.7 Å². The number of piperazine rings is 1. The van der Waals surface area contributed by atoms with Crippen molar-refractivity contribution in [1.82, 2.24) is 14.8 Å². The Morgan fingerprint density at radius 1 is 1.05 bits per heavy atom. The molecule has 8 nitrogen and oxygen atoms in total. The maximum absolute atomic E-state index is 13.8. The average molecular weight is 577 g/mol. The molecule has 2 aromatic carbocycles. The Bertz CT molecular complexity index is 1600. The van der Waals surface area contributed by atoms with Gasteiger partial charge in [0, 0.05) is 41.8 Å². The van der Waals surface area contributed by atoms with Gasteiger partial charge in [0.05, 0.1) is 28.5 Å². The Kier molecular flexibility index (Phi) is 6.53. The molecular formula is C31H30ClFN4O4. The number of hydrogen-bond donors (Lipinski definition) is 1. The normalized spacial score (nSPS) is 19.1. The third-order valence-electron chi connectivity index (χ3n) is 7.95. The van der Waals surface area contributed by atoms with Gasteiger partial charge < -0.3 is 15.4 Å². The summed E-state index contributed by atoms with van der Waals surface area (Å²) < 4.78 is 19.4. The number of nitrogens with two attached hydrogens (primary N) is 1. The van der Waals surface area contributed by atoms with Crippen LogP contribution in [0.1, 0.15) is 65.5 Å². The molecule has 10 heteroatoms. The van der Waals surface area contributed by atoms with Crippen molar-refractivity contribution < 1.29 is 23.5 Å². The zero-order valence-corrected chi connectivity index (χ0v) is 23.8. The van der Waals surface area contributed by atoms with Gasteiger partial charge >= 0.3 is 6.09 Å². The highest BCUT2D eigenvalue weighted by Crippen LogP contribution is 2.40. The number of fused-ring (bicyclic) bond motifs is 5. The molecule has 0 spiro atoms. The summed E-state index contributed by atoms with van der Waals surface area (Å²) in [7, 11) is 0. The SMILES string of the molecule is CC(C)(C)OC(=O)N1C2CCC1CN(C(=O)c1ccc3c(c1)Cc1c(C(N)=O)cc(-c4ccc(F)c(Cl)c4)nc1-3)C2. The van der Waals surface area contributed by atoms with Crippen molar-refractivity contribution in [2.24, 2.45) is 5.73 Å². The lowest BCUT2D eigenvalue weighted by molar-refractivity contribution is -0.00335. The van der Waals surface area contributed by atoms with Crippen molar-refractivity contribution in [1.29, 1.82) is 0 Å². The first-order valence-corrected chi connectivity index (χ1v) is 14.0. The first-order chi connectivity index (χ1) is 19.4. The Hall–Kier alpha value is -3.98. The standard InChI is InChI=1S/C31H30ClFN4O4/c1-31(2,3)41-30(40)37-19-6-7-20(37)15-36(14-19)29(39)17-4-8-21-18(10-17)11-22-23(28(34)38)13-26(35-27(21)22)16-5-9-25(33)24(32)12-16/h4-5,8-10,12-13,19-20H,6-7,11,14-15H2,1-3H3,(H2,34,38). The van der Waals surface area contributed by atoms with E-state index in [0.717, 1.165) is 24.0 Å². The van der Waals surface area contributed by atoms with E-state index in [0.29, 0.717) is 53.2 Å². The summed E-state index contributed by atoms with van der Waals surface area (Å²) >= 11 is 5.99. The first kappa shape index (κ1) is 27.2. The highest BCUT2D eigenvalue weighted by Gasteiger charge is 2.45. The summed E-state index contributed by atoms with van der Waals surface area (Å²) in [6, 6.07) is 11.2. The molecule has 3 aliphatic rings. The van der Waals surface area contributed by atoms with Crippen molar-refractivity contribution in [3.63, 3.8) is 0 Å². The summed E-state index contributed by atoms with van der Waals surface area (Å²) in [5, 5.41) is -0.0469. The molecule has 2 bridgehead atoms. The number of halogens is 2. The molecule has 2 atom stereocenters. The molecule has 1 aliphatic carbocycles.